The second-order valence-electron chi connectivity index (χ2n) is 3.94. The highest BCUT2D eigenvalue weighted by molar-refractivity contribution is 5.68. The maximum atomic E-state index is 10.9. The molecule has 1 aromatic rings. The fourth-order valence-electron chi connectivity index (χ4n) is 1.59. The first kappa shape index (κ1) is 10.7. The highest BCUT2D eigenvalue weighted by Gasteiger charge is 2.24. The van der Waals surface area contributed by atoms with E-state index in [-0.39, 0.29) is 5.69 Å². The van der Waals surface area contributed by atoms with Gasteiger partial charge < -0.3 is 10.1 Å². The minimum Gasteiger partial charge on any atom is -0.490 e. The Balaban J connectivity index is 2.22. The summed E-state index contributed by atoms with van der Waals surface area (Å²) in [6.07, 6.45) is 2.43. The van der Waals surface area contributed by atoms with Gasteiger partial charge in [0.25, 0.3) is 0 Å². The molecule has 5 nitrogen and oxygen atoms in total. The predicted molar refractivity (Wildman–Crippen MR) is 60.9 cm³/mol. The van der Waals surface area contributed by atoms with E-state index in [1.807, 2.05) is 0 Å². The average Bonchev–Trinajstić information content (AvgIpc) is 3.09. The minimum atomic E-state index is -0.409. The summed E-state index contributed by atoms with van der Waals surface area (Å²) in [5.74, 6) is 0.969. The zero-order valence-electron chi connectivity index (χ0n) is 9.10. The lowest BCUT2D eigenvalue weighted by atomic mass is 10.2. The van der Waals surface area contributed by atoms with Gasteiger partial charge in [0.2, 0.25) is 0 Å². The van der Waals surface area contributed by atoms with E-state index in [2.05, 4.69) is 5.32 Å². The van der Waals surface area contributed by atoms with Gasteiger partial charge in [0.1, 0.15) is 5.69 Å². The quantitative estimate of drug-likeness (QED) is 0.613. The van der Waals surface area contributed by atoms with Gasteiger partial charge in [0.05, 0.1) is 12.0 Å². The third-order valence-electron chi connectivity index (χ3n) is 2.68. The summed E-state index contributed by atoms with van der Waals surface area (Å²) in [5.41, 5.74) is 0.557. The molecule has 1 N–H and O–H groups in total. The van der Waals surface area contributed by atoms with Crippen molar-refractivity contribution in [3.05, 3.63) is 28.3 Å². The van der Waals surface area contributed by atoms with Gasteiger partial charge in [-0.05, 0) is 30.9 Å². The molecule has 1 aliphatic carbocycles. The molecule has 86 valence electrons. The molecule has 0 atom stereocenters. The molecule has 0 aliphatic heterocycles. The second kappa shape index (κ2) is 4.38. The van der Waals surface area contributed by atoms with Gasteiger partial charge in [0, 0.05) is 6.54 Å². The van der Waals surface area contributed by atoms with Gasteiger partial charge in [-0.1, -0.05) is 6.07 Å². The van der Waals surface area contributed by atoms with E-state index in [4.69, 9.17) is 4.74 Å². The summed E-state index contributed by atoms with van der Waals surface area (Å²) in [5, 5.41) is 14.1. The summed E-state index contributed by atoms with van der Waals surface area (Å²) in [7, 11) is 1.44. The third-order valence-corrected chi connectivity index (χ3v) is 2.68. The topological polar surface area (TPSA) is 64.4 Å². The fraction of sp³-hybridized carbons (Fsp3) is 0.455. The smallest absolute Gasteiger partial charge is 0.333 e. The number of nitrogens with one attached hydrogen (secondary N) is 1. The Hall–Kier alpha value is -1.78. The first-order valence-electron chi connectivity index (χ1n) is 5.27. The lowest BCUT2D eigenvalue weighted by Gasteiger charge is -2.08. The first-order valence-corrected chi connectivity index (χ1v) is 5.27. The van der Waals surface area contributed by atoms with Crippen molar-refractivity contribution in [1.29, 1.82) is 0 Å². The van der Waals surface area contributed by atoms with Crippen LogP contribution < -0.4 is 10.1 Å². The Kier molecular flexibility index (Phi) is 2.94. The number of rotatable bonds is 5. The van der Waals surface area contributed by atoms with E-state index in [0.29, 0.717) is 17.4 Å². The molecule has 1 aliphatic rings. The summed E-state index contributed by atoms with van der Waals surface area (Å²) in [6, 6.07) is 5.06. The van der Waals surface area contributed by atoms with Crippen molar-refractivity contribution < 1.29 is 9.66 Å². The maximum absolute atomic E-state index is 10.9. The Labute approximate surface area is 93.6 Å². The number of para-hydroxylation sites is 1. The van der Waals surface area contributed by atoms with E-state index in [0.717, 1.165) is 6.54 Å². The fourth-order valence-corrected chi connectivity index (χ4v) is 1.59. The van der Waals surface area contributed by atoms with Gasteiger partial charge in [-0.25, -0.2) is 0 Å². The van der Waals surface area contributed by atoms with Crippen LogP contribution in [0.15, 0.2) is 18.2 Å². The Bertz CT molecular complexity index is 402. The van der Waals surface area contributed by atoms with Crippen LogP contribution in [0.4, 0.5) is 11.4 Å². The van der Waals surface area contributed by atoms with Crippen molar-refractivity contribution in [2.24, 2.45) is 5.92 Å². The number of nitrogens with zero attached hydrogens (tertiary/aromatic N) is 1. The van der Waals surface area contributed by atoms with Gasteiger partial charge in [-0.15, -0.1) is 0 Å². The highest BCUT2D eigenvalue weighted by Crippen LogP contribution is 2.36. The number of nitro groups is 1. The standard InChI is InChI=1S/C11H14N2O3/c1-16-10-4-2-3-9(11(10)13(14)15)12-7-8-5-6-8/h2-4,8,12H,5-7H2,1H3. The molecule has 0 spiro atoms. The van der Waals surface area contributed by atoms with Crippen LogP contribution in [0.25, 0.3) is 0 Å². The number of hydrogen-bond acceptors (Lipinski definition) is 4. The van der Waals surface area contributed by atoms with Crippen molar-refractivity contribution in [3.63, 3.8) is 0 Å². The largest absolute Gasteiger partial charge is 0.490 e. The zero-order valence-corrected chi connectivity index (χ0v) is 9.10. The third kappa shape index (κ3) is 2.24. The molecular weight excluding hydrogens is 208 g/mol. The molecule has 16 heavy (non-hydrogen) atoms. The van der Waals surface area contributed by atoms with E-state index >= 15 is 0 Å². The number of ether oxygens (including phenoxy) is 1. The summed E-state index contributed by atoms with van der Waals surface area (Å²) in [4.78, 5) is 10.5. The Morgan fingerprint density at radius 2 is 2.31 bits per heavy atom. The Morgan fingerprint density at radius 1 is 1.56 bits per heavy atom. The van der Waals surface area contributed by atoms with Gasteiger partial charge in [0.15, 0.2) is 5.75 Å². The number of anilines is 1. The van der Waals surface area contributed by atoms with Crippen LogP contribution in [-0.4, -0.2) is 18.6 Å². The molecule has 5 heteroatoms. The molecule has 0 saturated heterocycles. The molecule has 0 aromatic heterocycles. The molecule has 1 fully saturated rings. The van der Waals surface area contributed by atoms with E-state index in [9.17, 15) is 10.1 Å². The van der Waals surface area contributed by atoms with Crippen LogP contribution >= 0.6 is 0 Å². The van der Waals surface area contributed by atoms with Crippen LogP contribution in [0.1, 0.15) is 12.8 Å². The molecular formula is C11H14N2O3. The summed E-state index contributed by atoms with van der Waals surface area (Å²) in [6.45, 7) is 0.800. The molecule has 0 amide bonds. The predicted octanol–water partition coefficient (Wildman–Crippen LogP) is 2.43. The zero-order chi connectivity index (χ0) is 11.5. The molecule has 2 rings (SSSR count). The monoisotopic (exact) mass is 222 g/mol. The van der Waals surface area contributed by atoms with Crippen molar-refractivity contribution >= 4 is 11.4 Å². The van der Waals surface area contributed by atoms with Crippen LogP contribution in [0.5, 0.6) is 5.75 Å². The highest BCUT2D eigenvalue weighted by atomic mass is 16.6. The lowest BCUT2D eigenvalue weighted by molar-refractivity contribution is -0.384. The van der Waals surface area contributed by atoms with Crippen molar-refractivity contribution in [3.8, 4) is 5.75 Å². The number of nitro benzene ring substituents is 1. The van der Waals surface area contributed by atoms with Crippen LogP contribution in [-0.2, 0) is 0 Å². The normalized spacial score (nSPS) is 14.6. The van der Waals surface area contributed by atoms with Crippen molar-refractivity contribution in [2.45, 2.75) is 12.8 Å². The Morgan fingerprint density at radius 3 is 2.88 bits per heavy atom. The average molecular weight is 222 g/mol. The molecule has 0 bridgehead atoms. The van der Waals surface area contributed by atoms with Crippen LogP contribution in [0.2, 0.25) is 0 Å². The van der Waals surface area contributed by atoms with Gasteiger partial charge >= 0.3 is 5.69 Å². The van der Waals surface area contributed by atoms with Crippen molar-refractivity contribution in [2.75, 3.05) is 19.0 Å². The van der Waals surface area contributed by atoms with Gasteiger partial charge in [-0.3, -0.25) is 10.1 Å². The number of benzene rings is 1. The second-order valence-corrected chi connectivity index (χ2v) is 3.94. The molecule has 0 radical (unpaired) electrons. The minimum absolute atomic E-state index is 0.0191. The van der Waals surface area contributed by atoms with Crippen LogP contribution in [0, 0.1) is 16.0 Å². The maximum Gasteiger partial charge on any atom is 0.333 e. The van der Waals surface area contributed by atoms with Crippen LogP contribution in [0.3, 0.4) is 0 Å². The molecule has 0 heterocycles. The number of hydrogen-bond donors (Lipinski definition) is 1. The van der Waals surface area contributed by atoms with Crippen molar-refractivity contribution in [1.82, 2.24) is 0 Å². The SMILES string of the molecule is COc1cccc(NCC2CC2)c1[N+](=O)[O-]. The summed E-state index contributed by atoms with van der Waals surface area (Å²) < 4.78 is 4.99. The van der Waals surface area contributed by atoms with E-state index < -0.39 is 4.92 Å². The van der Waals surface area contributed by atoms with Gasteiger partial charge in [-0.2, -0.15) is 0 Å². The number of methoxy groups -OCH3 is 1. The first-order chi connectivity index (χ1) is 7.72. The van der Waals surface area contributed by atoms with E-state index in [1.54, 1.807) is 18.2 Å². The van der Waals surface area contributed by atoms with E-state index in [1.165, 1.54) is 20.0 Å². The molecule has 0 unspecified atom stereocenters. The lowest BCUT2D eigenvalue weighted by Crippen LogP contribution is -2.06. The molecule has 1 saturated carbocycles. The molecule has 1 aromatic carbocycles. The summed E-state index contributed by atoms with van der Waals surface area (Å²) >= 11 is 0.